The molecule has 4 rings (SSSR count). The first kappa shape index (κ1) is 24.9. The van der Waals surface area contributed by atoms with Gasteiger partial charge in [-0.25, -0.2) is 22.8 Å². The van der Waals surface area contributed by atoms with Crippen LogP contribution in [0.1, 0.15) is 11.1 Å². The first-order chi connectivity index (χ1) is 16.7. The Morgan fingerprint density at radius 2 is 1.71 bits per heavy atom. The summed E-state index contributed by atoms with van der Waals surface area (Å²) in [5.41, 5.74) is 2.36. The molecule has 10 heteroatoms. The Kier molecular flexibility index (Phi) is 7.54. The molecular weight excluding hydrogens is 512 g/mol. The van der Waals surface area contributed by atoms with Gasteiger partial charge in [-0.3, -0.25) is 4.72 Å². The van der Waals surface area contributed by atoms with E-state index in [-0.39, 0.29) is 22.2 Å². The number of nitrogens with zero attached hydrogens (tertiary/aromatic N) is 2. The zero-order chi connectivity index (χ0) is 25.0. The summed E-state index contributed by atoms with van der Waals surface area (Å²) in [6, 6.07) is 16.3. The van der Waals surface area contributed by atoms with Crippen molar-refractivity contribution in [2.24, 2.45) is 0 Å². The number of hydrogen-bond acceptors (Lipinski definition) is 5. The lowest BCUT2D eigenvalue weighted by atomic mass is 10.1. The molecule has 0 fully saturated rings. The molecule has 0 saturated carbocycles. The smallest absolute Gasteiger partial charge is 0.261 e. The maximum atomic E-state index is 13.7. The second-order valence-corrected chi connectivity index (χ2v) is 10.1. The molecule has 3 aromatic carbocycles. The van der Waals surface area contributed by atoms with Gasteiger partial charge in [-0.1, -0.05) is 53.0 Å². The molecule has 0 radical (unpaired) electrons. The Labute approximate surface area is 212 Å². The summed E-state index contributed by atoms with van der Waals surface area (Å²) < 4.78 is 47.1. The molecule has 0 saturated heterocycles. The lowest BCUT2D eigenvalue weighted by Crippen LogP contribution is -2.13. The summed E-state index contributed by atoms with van der Waals surface area (Å²) in [4.78, 5) is 8.70. The lowest BCUT2D eigenvalue weighted by molar-refractivity contribution is 0.322. The van der Waals surface area contributed by atoms with E-state index < -0.39 is 15.8 Å². The van der Waals surface area contributed by atoms with Gasteiger partial charge in [0.05, 0.1) is 34.6 Å². The molecule has 0 unspecified atom stereocenters. The second-order valence-electron chi connectivity index (χ2n) is 7.66. The van der Waals surface area contributed by atoms with Crippen LogP contribution in [0, 0.1) is 12.7 Å². The molecule has 0 spiro atoms. The van der Waals surface area contributed by atoms with E-state index in [0.717, 1.165) is 5.56 Å². The summed E-state index contributed by atoms with van der Waals surface area (Å²) >= 11 is 12.1. The number of benzene rings is 3. The maximum absolute atomic E-state index is 13.7. The Hall–Kier alpha value is -3.20. The first-order valence-corrected chi connectivity index (χ1v) is 12.7. The van der Waals surface area contributed by atoms with E-state index in [4.69, 9.17) is 27.9 Å². The number of anilines is 1. The van der Waals surface area contributed by atoms with Crippen LogP contribution >= 0.6 is 23.2 Å². The summed E-state index contributed by atoms with van der Waals surface area (Å²) in [6.45, 7) is 2.11. The topological polar surface area (TPSA) is 81.2 Å². The number of halogens is 3. The first-order valence-electron chi connectivity index (χ1n) is 10.5. The van der Waals surface area contributed by atoms with Gasteiger partial charge in [-0.05, 0) is 48.9 Å². The summed E-state index contributed by atoms with van der Waals surface area (Å²) in [5.74, 6) is 0.415. The SMILES string of the molecule is Cc1ccc(S(=O)(=O)Nc2cnc(-c3cccc(OCCc4c(Cl)ccc(F)c4Cl)c3)nc2)cc1. The van der Waals surface area contributed by atoms with Crippen molar-refractivity contribution in [3.63, 3.8) is 0 Å². The number of hydrogen-bond donors (Lipinski definition) is 1. The van der Waals surface area contributed by atoms with Gasteiger partial charge < -0.3 is 4.74 Å². The van der Waals surface area contributed by atoms with Crippen LogP contribution in [-0.2, 0) is 16.4 Å². The van der Waals surface area contributed by atoms with Crippen LogP contribution in [0.5, 0.6) is 5.75 Å². The fourth-order valence-electron chi connectivity index (χ4n) is 3.26. The number of ether oxygens (including phenoxy) is 1. The van der Waals surface area contributed by atoms with Crippen molar-refractivity contribution in [1.82, 2.24) is 9.97 Å². The van der Waals surface area contributed by atoms with Crippen molar-refractivity contribution in [3.8, 4) is 17.1 Å². The summed E-state index contributed by atoms with van der Waals surface area (Å²) in [7, 11) is -3.75. The van der Waals surface area contributed by atoms with Crippen LogP contribution in [0.4, 0.5) is 10.1 Å². The molecule has 0 bridgehead atoms. The number of rotatable bonds is 8. The molecule has 35 heavy (non-hydrogen) atoms. The molecule has 1 N–H and O–H groups in total. The number of aromatic nitrogens is 2. The van der Waals surface area contributed by atoms with E-state index >= 15 is 0 Å². The van der Waals surface area contributed by atoms with Gasteiger partial charge in [0, 0.05) is 17.0 Å². The van der Waals surface area contributed by atoms with E-state index in [0.29, 0.717) is 34.1 Å². The standard InChI is InChI=1S/C25H20Cl2FN3O3S/c1-16-5-7-20(8-6-16)35(32,33)31-18-14-29-25(30-15-18)17-3-2-4-19(13-17)34-12-11-21-22(26)9-10-23(28)24(21)27/h2-10,13-15,31H,11-12H2,1H3. The third-order valence-corrected chi connectivity index (χ3v) is 7.25. The van der Waals surface area contributed by atoms with Gasteiger partial charge in [0.2, 0.25) is 0 Å². The van der Waals surface area contributed by atoms with Crippen LogP contribution in [0.3, 0.4) is 0 Å². The lowest BCUT2D eigenvalue weighted by Gasteiger charge is -2.11. The van der Waals surface area contributed by atoms with Crippen molar-refractivity contribution in [2.75, 3.05) is 11.3 Å². The molecule has 6 nitrogen and oxygen atoms in total. The van der Waals surface area contributed by atoms with Crippen LogP contribution in [0.15, 0.2) is 78.0 Å². The molecule has 0 amide bonds. The highest BCUT2D eigenvalue weighted by Crippen LogP contribution is 2.28. The van der Waals surface area contributed by atoms with Gasteiger partial charge in [0.1, 0.15) is 11.6 Å². The molecular formula is C25H20Cl2FN3O3S. The maximum Gasteiger partial charge on any atom is 0.261 e. The average Bonchev–Trinajstić information content (AvgIpc) is 2.84. The zero-order valence-corrected chi connectivity index (χ0v) is 20.8. The summed E-state index contributed by atoms with van der Waals surface area (Å²) in [6.07, 6.45) is 3.12. The largest absolute Gasteiger partial charge is 0.493 e. The molecule has 180 valence electrons. The molecule has 1 aromatic heterocycles. The predicted molar refractivity (Wildman–Crippen MR) is 135 cm³/mol. The van der Waals surface area contributed by atoms with Crippen molar-refractivity contribution < 1.29 is 17.5 Å². The fourth-order valence-corrected chi connectivity index (χ4v) is 4.84. The molecule has 0 atom stereocenters. The van der Waals surface area contributed by atoms with Crippen molar-refractivity contribution >= 4 is 38.9 Å². The van der Waals surface area contributed by atoms with E-state index in [9.17, 15) is 12.8 Å². The Balaban J connectivity index is 1.42. The van der Waals surface area contributed by atoms with Crippen molar-refractivity contribution in [1.29, 1.82) is 0 Å². The molecule has 0 aliphatic rings. The highest BCUT2D eigenvalue weighted by Gasteiger charge is 2.15. The van der Waals surface area contributed by atoms with Crippen LogP contribution in [0.25, 0.3) is 11.4 Å². The highest BCUT2D eigenvalue weighted by molar-refractivity contribution is 7.92. The van der Waals surface area contributed by atoms with E-state index in [1.165, 1.54) is 36.7 Å². The van der Waals surface area contributed by atoms with Crippen LogP contribution < -0.4 is 9.46 Å². The number of sulfonamides is 1. The van der Waals surface area contributed by atoms with Gasteiger partial charge in [-0.2, -0.15) is 0 Å². The molecule has 1 heterocycles. The number of nitrogens with one attached hydrogen (secondary N) is 1. The molecule has 4 aromatic rings. The average molecular weight is 532 g/mol. The van der Waals surface area contributed by atoms with Crippen molar-refractivity contribution in [3.05, 3.63) is 100 Å². The Bertz CT molecular complexity index is 1450. The zero-order valence-electron chi connectivity index (χ0n) is 18.5. The minimum absolute atomic E-state index is 0.0126. The van der Waals surface area contributed by atoms with E-state index in [1.54, 1.807) is 36.4 Å². The van der Waals surface area contributed by atoms with Gasteiger partial charge in [0.25, 0.3) is 10.0 Å². The Morgan fingerprint density at radius 3 is 2.43 bits per heavy atom. The third kappa shape index (κ3) is 6.08. The molecule has 0 aliphatic heterocycles. The van der Waals surface area contributed by atoms with E-state index in [2.05, 4.69) is 14.7 Å². The van der Waals surface area contributed by atoms with Crippen LogP contribution in [-0.4, -0.2) is 25.0 Å². The number of aryl methyl sites for hydroxylation is 1. The minimum atomic E-state index is -3.75. The normalized spacial score (nSPS) is 11.3. The minimum Gasteiger partial charge on any atom is -0.493 e. The molecule has 0 aliphatic carbocycles. The van der Waals surface area contributed by atoms with Crippen molar-refractivity contribution in [2.45, 2.75) is 18.2 Å². The van der Waals surface area contributed by atoms with Gasteiger partial charge in [-0.15, -0.1) is 0 Å². The summed E-state index contributed by atoms with van der Waals surface area (Å²) in [5, 5.41) is 0.363. The third-order valence-electron chi connectivity index (χ3n) is 5.09. The van der Waals surface area contributed by atoms with Crippen LogP contribution in [0.2, 0.25) is 10.0 Å². The van der Waals surface area contributed by atoms with E-state index in [1.807, 2.05) is 6.92 Å². The van der Waals surface area contributed by atoms with Gasteiger partial charge in [0.15, 0.2) is 5.82 Å². The quantitative estimate of drug-likeness (QED) is 0.269. The predicted octanol–water partition coefficient (Wildman–Crippen LogP) is 6.32. The monoisotopic (exact) mass is 531 g/mol. The Morgan fingerprint density at radius 1 is 1.00 bits per heavy atom. The highest BCUT2D eigenvalue weighted by atomic mass is 35.5. The van der Waals surface area contributed by atoms with Gasteiger partial charge >= 0.3 is 0 Å². The fraction of sp³-hybridized carbons (Fsp3) is 0.120. The second kappa shape index (κ2) is 10.6.